The fourth-order valence-corrected chi connectivity index (χ4v) is 1.50. The zero-order valence-electron chi connectivity index (χ0n) is 6.13. The summed E-state index contributed by atoms with van der Waals surface area (Å²) in [6.07, 6.45) is 0. The van der Waals surface area contributed by atoms with Crippen LogP contribution in [0.25, 0.3) is 11.0 Å². The van der Waals surface area contributed by atoms with Gasteiger partial charge in [0.05, 0.1) is 5.39 Å². The Morgan fingerprint density at radius 1 is 0.923 bits per heavy atom. The van der Waals surface area contributed by atoms with E-state index in [1.165, 1.54) is 0 Å². The zero-order valence-corrected chi connectivity index (χ0v) is 8.40. The second-order valence-electron chi connectivity index (χ2n) is 2.29. The van der Waals surface area contributed by atoms with Crippen molar-refractivity contribution >= 4 is 45.8 Å². The van der Waals surface area contributed by atoms with E-state index in [1.807, 2.05) is 0 Å². The van der Waals surface area contributed by atoms with Gasteiger partial charge in [0.2, 0.25) is 5.28 Å². The molecule has 0 fully saturated rings. The Hall–Kier alpha value is -0.640. The lowest BCUT2D eigenvalue weighted by Gasteiger charge is -1.98. The van der Waals surface area contributed by atoms with E-state index < -0.39 is 0 Å². The van der Waals surface area contributed by atoms with E-state index in [0.29, 0.717) is 16.2 Å². The van der Waals surface area contributed by atoms with E-state index in [2.05, 4.69) is 15.0 Å². The predicted octanol–water partition coefficient (Wildman–Crippen LogP) is 2.98. The Balaban J connectivity index is 2.86. The Kier molecular flexibility index (Phi) is 2.24. The molecule has 0 aliphatic rings. The minimum absolute atomic E-state index is 0.0623. The molecule has 2 aromatic rings. The Bertz CT molecular complexity index is 466. The van der Waals surface area contributed by atoms with Gasteiger partial charge in [-0.05, 0) is 23.7 Å². The monoisotopic (exact) mass is 233 g/mol. The predicted molar refractivity (Wildman–Crippen MR) is 52.4 cm³/mol. The van der Waals surface area contributed by atoms with Gasteiger partial charge in [-0.15, -0.1) is 0 Å². The van der Waals surface area contributed by atoms with Crippen molar-refractivity contribution in [3.8, 4) is 0 Å². The van der Waals surface area contributed by atoms with Crippen molar-refractivity contribution in [3.63, 3.8) is 0 Å². The molecule has 0 spiro atoms. The molecule has 2 heterocycles. The molecule has 2 rings (SSSR count). The number of fused-ring (bicyclic) bond motifs is 1. The van der Waals surface area contributed by atoms with Crippen LogP contribution in [0, 0.1) is 0 Å². The van der Waals surface area contributed by atoms with E-state index >= 15 is 0 Å². The first kappa shape index (κ1) is 8.94. The molecule has 0 unspecified atom stereocenters. The number of aromatic nitrogens is 3. The van der Waals surface area contributed by atoms with Crippen LogP contribution < -0.4 is 0 Å². The maximum atomic E-state index is 5.80. The molecule has 0 saturated carbocycles. The van der Waals surface area contributed by atoms with Gasteiger partial charge >= 0.3 is 0 Å². The van der Waals surface area contributed by atoms with E-state index in [-0.39, 0.29) is 10.4 Å². The Morgan fingerprint density at radius 3 is 2.46 bits per heavy atom. The molecule has 0 atom stereocenters. The number of nitrogens with zero attached hydrogens (tertiary/aromatic N) is 3. The highest BCUT2D eigenvalue weighted by molar-refractivity contribution is 6.36. The van der Waals surface area contributed by atoms with Gasteiger partial charge in [-0.25, -0.2) is 9.97 Å². The first-order valence-electron chi connectivity index (χ1n) is 3.32. The third-order valence-corrected chi connectivity index (χ3v) is 2.12. The molecule has 0 aliphatic carbocycles. The average molecular weight is 234 g/mol. The SMILES string of the molecule is Clc1ccc2c(Cl)nc(Cl)nc2n1. The fraction of sp³-hybridized carbons (Fsp3) is 0. The molecule has 0 aliphatic heterocycles. The first-order valence-corrected chi connectivity index (χ1v) is 4.45. The minimum atomic E-state index is 0.0623. The van der Waals surface area contributed by atoms with Gasteiger partial charge in [-0.2, -0.15) is 4.98 Å². The largest absolute Gasteiger partial charge is 0.225 e. The lowest BCUT2D eigenvalue weighted by molar-refractivity contribution is 1.18. The highest BCUT2D eigenvalue weighted by Gasteiger charge is 2.05. The van der Waals surface area contributed by atoms with Crippen LogP contribution in [0.1, 0.15) is 0 Å². The Labute approximate surface area is 88.7 Å². The summed E-state index contributed by atoms with van der Waals surface area (Å²) >= 11 is 17.0. The molecule has 0 N–H and O–H groups in total. The maximum absolute atomic E-state index is 5.80. The Morgan fingerprint density at radius 2 is 1.69 bits per heavy atom. The number of rotatable bonds is 0. The molecule has 6 heteroatoms. The van der Waals surface area contributed by atoms with Crippen molar-refractivity contribution in [3.05, 3.63) is 27.7 Å². The van der Waals surface area contributed by atoms with Gasteiger partial charge in [0.25, 0.3) is 0 Å². The molecule has 0 bridgehead atoms. The van der Waals surface area contributed by atoms with Crippen LogP contribution in [-0.2, 0) is 0 Å². The van der Waals surface area contributed by atoms with E-state index in [9.17, 15) is 0 Å². The summed E-state index contributed by atoms with van der Waals surface area (Å²) in [5.41, 5.74) is 0.400. The second kappa shape index (κ2) is 3.25. The lowest BCUT2D eigenvalue weighted by atomic mass is 10.3. The molecule has 0 radical (unpaired) electrons. The molecule has 0 aromatic carbocycles. The van der Waals surface area contributed by atoms with E-state index in [0.717, 1.165) is 0 Å². The smallest absolute Gasteiger partial charge is 0.216 e. The van der Waals surface area contributed by atoms with E-state index in [4.69, 9.17) is 34.8 Å². The van der Waals surface area contributed by atoms with Crippen molar-refractivity contribution in [2.24, 2.45) is 0 Å². The van der Waals surface area contributed by atoms with Crippen LogP contribution in [-0.4, -0.2) is 15.0 Å². The molecule has 0 saturated heterocycles. The van der Waals surface area contributed by atoms with Crippen molar-refractivity contribution in [2.45, 2.75) is 0 Å². The number of hydrogen-bond donors (Lipinski definition) is 0. The summed E-state index contributed by atoms with van der Waals surface area (Å²) in [6, 6.07) is 3.32. The molecule has 2 aromatic heterocycles. The average Bonchev–Trinajstić information content (AvgIpc) is 2.02. The summed E-state index contributed by atoms with van der Waals surface area (Å²) in [6.45, 7) is 0. The molecule has 66 valence electrons. The third-order valence-electron chi connectivity index (χ3n) is 1.45. The summed E-state index contributed by atoms with van der Waals surface area (Å²) in [5, 5.41) is 1.32. The minimum Gasteiger partial charge on any atom is -0.216 e. The normalized spacial score (nSPS) is 10.7. The quantitative estimate of drug-likeness (QED) is 0.400. The van der Waals surface area contributed by atoms with Crippen LogP contribution in [0.5, 0.6) is 0 Å². The van der Waals surface area contributed by atoms with Crippen LogP contribution in [0.4, 0.5) is 0 Å². The van der Waals surface area contributed by atoms with Gasteiger partial charge in [-0.1, -0.05) is 23.2 Å². The first-order chi connectivity index (χ1) is 6.16. The number of halogens is 3. The highest BCUT2D eigenvalue weighted by atomic mass is 35.5. The van der Waals surface area contributed by atoms with Crippen LogP contribution in [0.2, 0.25) is 15.6 Å². The number of pyridine rings is 1. The van der Waals surface area contributed by atoms with Crippen molar-refractivity contribution in [1.29, 1.82) is 0 Å². The van der Waals surface area contributed by atoms with Crippen LogP contribution >= 0.6 is 34.8 Å². The molecule has 0 amide bonds. The van der Waals surface area contributed by atoms with Gasteiger partial charge in [0.15, 0.2) is 5.65 Å². The van der Waals surface area contributed by atoms with E-state index in [1.54, 1.807) is 12.1 Å². The maximum Gasteiger partial charge on any atom is 0.225 e. The number of hydrogen-bond acceptors (Lipinski definition) is 3. The molecular weight excluding hydrogens is 232 g/mol. The second-order valence-corrected chi connectivity index (χ2v) is 3.37. The summed E-state index contributed by atoms with van der Waals surface area (Å²) in [7, 11) is 0. The topological polar surface area (TPSA) is 38.7 Å². The zero-order chi connectivity index (χ0) is 9.42. The fourth-order valence-electron chi connectivity index (χ4n) is 0.925. The highest BCUT2D eigenvalue weighted by Crippen LogP contribution is 2.21. The third kappa shape index (κ3) is 1.68. The summed E-state index contributed by atoms with van der Waals surface area (Å²) in [4.78, 5) is 11.6. The lowest BCUT2D eigenvalue weighted by Crippen LogP contribution is -1.89. The van der Waals surface area contributed by atoms with Crippen molar-refractivity contribution in [2.75, 3.05) is 0 Å². The van der Waals surface area contributed by atoms with Gasteiger partial charge in [0, 0.05) is 0 Å². The summed E-state index contributed by atoms with van der Waals surface area (Å²) in [5.74, 6) is 0. The molecular formula is C7H2Cl3N3. The van der Waals surface area contributed by atoms with Crippen molar-refractivity contribution in [1.82, 2.24) is 15.0 Å². The van der Waals surface area contributed by atoms with Gasteiger partial charge in [-0.3, -0.25) is 0 Å². The summed E-state index contributed by atoms with van der Waals surface area (Å²) < 4.78 is 0. The van der Waals surface area contributed by atoms with Gasteiger partial charge in [0.1, 0.15) is 10.3 Å². The van der Waals surface area contributed by atoms with Gasteiger partial charge < -0.3 is 0 Å². The van der Waals surface area contributed by atoms with Crippen LogP contribution in [0.3, 0.4) is 0 Å². The molecule has 3 nitrogen and oxygen atoms in total. The van der Waals surface area contributed by atoms with Crippen molar-refractivity contribution < 1.29 is 0 Å². The van der Waals surface area contributed by atoms with Crippen LogP contribution in [0.15, 0.2) is 12.1 Å². The molecule has 13 heavy (non-hydrogen) atoms. The standard InChI is InChI=1S/C7H2Cl3N3/c8-4-2-1-3-5(9)12-7(10)13-6(3)11-4/h1-2H.